The van der Waals surface area contributed by atoms with E-state index in [4.69, 9.17) is 5.73 Å². The Hall–Kier alpha value is -2.13. The zero-order valence-electron chi connectivity index (χ0n) is 11.8. The van der Waals surface area contributed by atoms with Crippen LogP contribution in [0.4, 0.5) is 9.93 Å². The molecular weight excluding hydrogens is 322 g/mol. The molecule has 0 bridgehead atoms. The summed E-state index contributed by atoms with van der Waals surface area (Å²) in [6, 6.07) is 8.63. The molecule has 0 unspecified atom stereocenters. The summed E-state index contributed by atoms with van der Waals surface area (Å²) in [5, 5.41) is 12.2. The second-order valence-electron chi connectivity index (χ2n) is 4.16. The number of nitrogens with zero attached hydrogens (tertiary/aromatic N) is 2. The Morgan fingerprint density at radius 3 is 2.64 bits per heavy atom. The summed E-state index contributed by atoms with van der Waals surface area (Å²) in [4.78, 5) is 23.9. The van der Waals surface area contributed by atoms with Crippen LogP contribution in [0.25, 0.3) is 0 Å². The Kier molecular flexibility index (Phi) is 5.73. The number of carbonyl (C=O) groups excluding carboxylic acids is 2. The third kappa shape index (κ3) is 4.43. The van der Waals surface area contributed by atoms with E-state index in [9.17, 15) is 9.59 Å². The highest BCUT2D eigenvalue weighted by Gasteiger charge is 2.25. The van der Waals surface area contributed by atoms with Gasteiger partial charge in [0.1, 0.15) is 5.25 Å². The van der Waals surface area contributed by atoms with Crippen LogP contribution in [0, 0.1) is 0 Å². The van der Waals surface area contributed by atoms with Crippen LogP contribution in [0.5, 0.6) is 0 Å². The number of imide groups is 1. The predicted molar refractivity (Wildman–Crippen MR) is 86.6 cm³/mol. The Morgan fingerprint density at radius 2 is 2.05 bits per heavy atom. The lowest BCUT2D eigenvalue weighted by molar-refractivity contribution is -0.119. The number of hydrogen-bond donors (Lipinski definition) is 3. The van der Waals surface area contributed by atoms with E-state index in [2.05, 4.69) is 20.8 Å². The monoisotopic (exact) mass is 337 g/mol. The van der Waals surface area contributed by atoms with Crippen LogP contribution in [-0.2, 0) is 4.79 Å². The molecule has 1 heterocycles. The molecule has 3 amide bonds. The van der Waals surface area contributed by atoms with Crippen LogP contribution in [-0.4, -0.2) is 28.7 Å². The van der Waals surface area contributed by atoms with Gasteiger partial charge in [-0.05, 0) is 12.5 Å². The van der Waals surface area contributed by atoms with Crippen molar-refractivity contribution >= 4 is 40.2 Å². The minimum atomic E-state index is -0.615. The molecular formula is C13H15N5O2S2. The first kappa shape index (κ1) is 16.2. The second-order valence-corrected chi connectivity index (χ2v) is 6.52. The van der Waals surface area contributed by atoms with Crippen LogP contribution in [0.2, 0.25) is 0 Å². The molecule has 116 valence electrons. The molecule has 7 nitrogen and oxygen atoms in total. The number of anilines is 1. The first-order valence-electron chi connectivity index (χ1n) is 6.49. The largest absolute Gasteiger partial charge is 0.374 e. The molecule has 0 aliphatic rings. The van der Waals surface area contributed by atoms with E-state index in [1.54, 1.807) is 6.92 Å². The van der Waals surface area contributed by atoms with Gasteiger partial charge in [-0.15, -0.1) is 10.2 Å². The van der Waals surface area contributed by atoms with Crippen molar-refractivity contribution in [2.45, 2.75) is 16.5 Å². The van der Waals surface area contributed by atoms with Crippen LogP contribution in [0.3, 0.4) is 0 Å². The Balaban J connectivity index is 2.18. The molecule has 22 heavy (non-hydrogen) atoms. The minimum Gasteiger partial charge on any atom is -0.374 e. The predicted octanol–water partition coefficient (Wildman–Crippen LogP) is 1.80. The molecule has 0 saturated heterocycles. The summed E-state index contributed by atoms with van der Waals surface area (Å²) < 4.78 is 0.567. The summed E-state index contributed by atoms with van der Waals surface area (Å²) in [7, 11) is 0. The highest BCUT2D eigenvalue weighted by atomic mass is 32.2. The van der Waals surface area contributed by atoms with Crippen molar-refractivity contribution in [3.05, 3.63) is 35.9 Å². The van der Waals surface area contributed by atoms with E-state index < -0.39 is 17.2 Å². The van der Waals surface area contributed by atoms with Gasteiger partial charge < -0.3 is 11.1 Å². The maximum absolute atomic E-state index is 12.4. The number of aromatic nitrogens is 2. The fourth-order valence-electron chi connectivity index (χ4n) is 1.65. The summed E-state index contributed by atoms with van der Waals surface area (Å²) in [5.41, 5.74) is 6.32. The summed E-state index contributed by atoms with van der Waals surface area (Å²) in [6.45, 7) is 2.21. The molecule has 0 saturated carbocycles. The molecule has 1 atom stereocenters. The van der Waals surface area contributed by atoms with Crippen molar-refractivity contribution in [3.8, 4) is 0 Å². The first-order valence-corrected chi connectivity index (χ1v) is 8.19. The highest BCUT2D eigenvalue weighted by molar-refractivity contribution is 8.01. The number of thioether (sulfide) groups is 1. The zero-order chi connectivity index (χ0) is 15.9. The van der Waals surface area contributed by atoms with Crippen molar-refractivity contribution in [2.75, 3.05) is 12.3 Å². The molecule has 0 radical (unpaired) electrons. The third-order valence-electron chi connectivity index (χ3n) is 2.56. The highest BCUT2D eigenvalue weighted by Crippen LogP contribution is 2.37. The van der Waals surface area contributed by atoms with Gasteiger partial charge in [0.05, 0.1) is 0 Å². The number of carbonyl (C=O) groups is 2. The van der Waals surface area contributed by atoms with Crippen molar-refractivity contribution in [1.29, 1.82) is 0 Å². The molecule has 0 fully saturated rings. The number of amides is 3. The maximum atomic E-state index is 12.4. The van der Waals surface area contributed by atoms with Crippen molar-refractivity contribution in [3.63, 3.8) is 0 Å². The SMILES string of the molecule is CCNC(=O)NC(=O)[C@H](Sc1nnc(N)s1)c1ccccc1. The van der Waals surface area contributed by atoms with Gasteiger partial charge in [-0.25, -0.2) is 4.79 Å². The number of nitrogens with two attached hydrogens (primary N) is 1. The van der Waals surface area contributed by atoms with E-state index in [0.29, 0.717) is 16.0 Å². The molecule has 1 aromatic heterocycles. The summed E-state index contributed by atoms with van der Waals surface area (Å²) in [6.07, 6.45) is 0. The fraction of sp³-hybridized carbons (Fsp3) is 0.231. The van der Waals surface area contributed by atoms with E-state index in [0.717, 1.165) is 5.56 Å². The Labute approximate surface area is 135 Å². The third-order valence-corrected chi connectivity index (χ3v) is 4.65. The van der Waals surface area contributed by atoms with Gasteiger partial charge in [-0.2, -0.15) is 0 Å². The van der Waals surface area contributed by atoms with Crippen LogP contribution in [0.15, 0.2) is 34.7 Å². The lowest BCUT2D eigenvalue weighted by Crippen LogP contribution is -2.41. The smallest absolute Gasteiger partial charge is 0.321 e. The topological polar surface area (TPSA) is 110 Å². The van der Waals surface area contributed by atoms with Gasteiger partial charge in [0.15, 0.2) is 4.34 Å². The van der Waals surface area contributed by atoms with Gasteiger partial charge >= 0.3 is 6.03 Å². The summed E-state index contributed by atoms with van der Waals surface area (Å²) >= 11 is 2.40. The maximum Gasteiger partial charge on any atom is 0.321 e. The molecule has 4 N–H and O–H groups in total. The molecule has 9 heteroatoms. The number of hydrogen-bond acceptors (Lipinski definition) is 7. The number of nitrogen functional groups attached to an aromatic ring is 1. The molecule has 0 aliphatic heterocycles. The van der Waals surface area contributed by atoms with Crippen LogP contribution >= 0.6 is 23.1 Å². The van der Waals surface area contributed by atoms with Crippen LogP contribution in [0.1, 0.15) is 17.7 Å². The quantitative estimate of drug-likeness (QED) is 0.718. The van der Waals surface area contributed by atoms with E-state index in [1.807, 2.05) is 30.3 Å². The standard InChI is InChI=1S/C13H15N5O2S2/c1-2-15-12(20)16-10(19)9(8-6-4-3-5-7-8)21-13-18-17-11(14)22-13/h3-7,9H,2H2,1H3,(H2,14,17)(H2,15,16,19,20)/t9-/m1/s1. The van der Waals surface area contributed by atoms with E-state index in [1.165, 1.54) is 23.1 Å². The fourth-order valence-corrected chi connectivity index (χ4v) is 3.48. The summed E-state index contributed by atoms with van der Waals surface area (Å²) in [5.74, 6) is -0.420. The number of urea groups is 1. The average Bonchev–Trinajstić information content (AvgIpc) is 2.91. The molecule has 2 aromatic rings. The molecule has 0 aliphatic carbocycles. The minimum absolute atomic E-state index is 0.332. The normalized spacial score (nSPS) is 11.7. The van der Waals surface area contributed by atoms with Gasteiger partial charge in [-0.1, -0.05) is 53.4 Å². The molecule has 2 rings (SSSR count). The Bertz CT molecular complexity index is 647. The average molecular weight is 337 g/mol. The van der Waals surface area contributed by atoms with Gasteiger partial charge in [0, 0.05) is 6.54 Å². The lowest BCUT2D eigenvalue weighted by Gasteiger charge is -2.14. The number of rotatable bonds is 5. The lowest BCUT2D eigenvalue weighted by atomic mass is 10.1. The zero-order valence-corrected chi connectivity index (χ0v) is 13.4. The molecule has 1 aromatic carbocycles. The number of nitrogens with one attached hydrogen (secondary N) is 2. The van der Waals surface area contributed by atoms with E-state index >= 15 is 0 Å². The van der Waals surface area contributed by atoms with Gasteiger partial charge in [0.2, 0.25) is 11.0 Å². The van der Waals surface area contributed by atoms with Crippen LogP contribution < -0.4 is 16.4 Å². The Morgan fingerprint density at radius 1 is 1.32 bits per heavy atom. The molecule has 0 spiro atoms. The first-order chi connectivity index (χ1) is 10.6. The van der Waals surface area contributed by atoms with Gasteiger partial charge in [0.25, 0.3) is 0 Å². The van der Waals surface area contributed by atoms with Gasteiger partial charge in [-0.3, -0.25) is 10.1 Å². The van der Waals surface area contributed by atoms with E-state index in [-0.39, 0.29) is 0 Å². The van der Waals surface area contributed by atoms with Crippen molar-refractivity contribution < 1.29 is 9.59 Å². The van der Waals surface area contributed by atoms with Crippen molar-refractivity contribution in [2.24, 2.45) is 0 Å². The number of benzene rings is 1. The second kappa shape index (κ2) is 7.76. The van der Waals surface area contributed by atoms with Crippen molar-refractivity contribution in [1.82, 2.24) is 20.8 Å².